The van der Waals surface area contributed by atoms with Crippen LogP contribution in [0.25, 0.3) is 0 Å². The third-order valence-electron chi connectivity index (χ3n) is 4.83. The van der Waals surface area contributed by atoms with Gasteiger partial charge in [0.05, 0.1) is 11.5 Å². The Morgan fingerprint density at radius 1 is 1.15 bits per heavy atom. The molecule has 1 saturated carbocycles. The standard InChI is InChI=1S/C17H22ClNO/c1-16(2,3)19-14(12-6-8-13(18)9-7-12)17(15(19)20)10-4-5-11-17/h6-9,14H,4-5,10-11H2,1-3H3. The summed E-state index contributed by atoms with van der Waals surface area (Å²) in [7, 11) is 0. The maximum absolute atomic E-state index is 12.8. The van der Waals surface area contributed by atoms with Crippen LogP contribution in [0.5, 0.6) is 0 Å². The number of halogens is 1. The van der Waals surface area contributed by atoms with Crippen LogP contribution in [0.1, 0.15) is 58.1 Å². The highest BCUT2D eigenvalue weighted by Crippen LogP contribution is 2.61. The molecule has 2 nitrogen and oxygen atoms in total. The van der Waals surface area contributed by atoms with Crippen molar-refractivity contribution >= 4 is 17.5 Å². The van der Waals surface area contributed by atoms with Gasteiger partial charge in [-0.25, -0.2) is 0 Å². The van der Waals surface area contributed by atoms with Crippen LogP contribution in [-0.4, -0.2) is 16.3 Å². The first-order valence-electron chi connectivity index (χ1n) is 7.45. The normalized spacial score (nSPS) is 25.1. The third-order valence-corrected chi connectivity index (χ3v) is 5.08. The molecule has 3 rings (SSSR count). The fourth-order valence-electron chi connectivity index (χ4n) is 3.95. The number of benzene rings is 1. The van der Waals surface area contributed by atoms with E-state index in [2.05, 4.69) is 37.8 Å². The summed E-state index contributed by atoms with van der Waals surface area (Å²) in [4.78, 5) is 14.9. The number of hydrogen-bond acceptors (Lipinski definition) is 1. The third kappa shape index (κ3) is 1.88. The molecule has 1 aliphatic carbocycles. The van der Waals surface area contributed by atoms with Gasteiger partial charge in [-0.3, -0.25) is 4.79 Å². The average molecular weight is 292 g/mol. The lowest BCUT2D eigenvalue weighted by Gasteiger charge is -2.60. The zero-order valence-corrected chi connectivity index (χ0v) is 13.2. The number of carbonyl (C=O) groups is 1. The Hall–Kier alpha value is -1.02. The van der Waals surface area contributed by atoms with Gasteiger partial charge in [-0.15, -0.1) is 0 Å². The van der Waals surface area contributed by atoms with E-state index in [1.807, 2.05) is 12.1 Å². The molecule has 0 radical (unpaired) electrons. The number of amides is 1. The average Bonchev–Trinajstić information content (AvgIpc) is 2.87. The van der Waals surface area contributed by atoms with E-state index in [9.17, 15) is 4.79 Å². The molecule has 1 amide bonds. The molecule has 1 aliphatic heterocycles. The van der Waals surface area contributed by atoms with Gasteiger partial charge in [0.25, 0.3) is 0 Å². The summed E-state index contributed by atoms with van der Waals surface area (Å²) in [5, 5.41) is 0.752. The molecule has 20 heavy (non-hydrogen) atoms. The first-order valence-corrected chi connectivity index (χ1v) is 7.83. The topological polar surface area (TPSA) is 20.3 Å². The molecule has 108 valence electrons. The summed E-state index contributed by atoms with van der Waals surface area (Å²) >= 11 is 6.00. The van der Waals surface area contributed by atoms with Crippen molar-refractivity contribution in [1.29, 1.82) is 0 Å². The van der Waals surface area contributed by atoms with Crippen molar-refractivity contribution in [1.82, 2.24) is 4.90 Å². The maximum atomic E-state index is 12.8. The van der Waals surface area contributed by atoms with Crippen LogP contribution >= 0.6 is 11.6 Å². The quantitative estimate of drug-likeness (QED) is 0.693. The zero-order valence-electron chi connectivity index (χ0n) is 12.4. The molecule has 3 heteroatoms. The van der Waals surface area contributed by atoms with Crippen molar-refractivity contribution < 1.29 is 4.79 Å². The fourth-order valence-corrected chi connectivity index (χ4v) is 4.08. The van der Waals surface area contributed by atoms with E-state index in [0.717, 1.165) is 17.9 Å². The highest BCUT2D eigenvalue weighted by molar-refractivity contribution is 6.30. The largest absolute Gasteiger partial charge is 0.329 e. The van der Waals surface area contributed by atoms with E-state index in [4.69, 9.17) is 11.6 Å². The van der Waals surface area contributed by atoms with Gasteiger partial charge in [-0.05, 0) is 51.3 Å². The molecule has 0 N–H and O–H groups in total. The molecule has 0 bridgehead atoms. The van der Waals surface area contributed by atoms with Crippen molar-refractivity contribution in [3.63, 3.8) is 0 Å². The summed E-state index contributed by atoms with van der Waals surface area (Å²) in [6, 6.07) is 8.25. The number of likely N-dealkylation sites (tertiary alicyclic amines) is 1. The van der Waals surface area contributed by atoms with Gasteiger partial charge in [0.2, 0.25) is 5.91 Å². The molecule has 2 aliphatic rings. The Labute approximate surface area is 126 Å². The lowest BCUT2D eigenvalue weighted by Crippen LogP contribution is -2.67. The van der Waals surface area contributed by atoms with Gasteiger partial charge in [0.1, 0.15) is 0 Å². The second kappa shape index (κ2) is 4.49. The van der Waals surface area contributed by atoms with Crippen molar-refractivity contribution in [3.8, 4) is 0 Å². The summed E-state index contributed by atoms with van der Waals surface area (Å²) < 4.78 is 0. The van der Waals surface area contributed by atoms with Gasteiger partial charge < -0.3 is 4.90 Å². The van der Waals surface area contributed by atoms with Gasteiger partial charge in [0.15, 0.2) is 0 Å². The monoisotopic (exact) mass is 291 g/mol. The first-order chi connectivity index (χ1) is 9.36. The smallest absolute Gasteiger partial charge is 0.232 e. The molecule has 1 saturated heterocycles. The summed E-state index contributed by atoms with van der Waals surface area (Å²) in [6.07, 6.45) is 4.42. The predicted octanol–water partition coefficient (Wildman–Crippen LogP) is 4.58. The summed E-state index contributed by atoms with van der Waals surface area (Å²) in [5.74, 6) is 0.349. The number of β-lactam (4-membered cyclic amide) rings is 1. The highest BCUT2D eigenvalue weighted by atomic mass is 35.5. The maximum Gasteiger partial charge on any atom is 0.232 e. The molecule has 0 aromatic heterocycles. The van der Waals surface area contributed by atoms with Gasteiger partial charge in [-0.2, -0.15) is 0 Å². The van der Waals surface area contributed by atoms with Gasteiger partial charge in [-0.1, -0.05) is 36.6 Å². The molecule has 2 fully saturated rings. The van der Waals surface area contributed by atoms with E-state index in [1.54, 1.807) is 0 Å². The Kier molecular flexibility index (Phi) is 3.13. The van der Waals surface area contributed by atoms with Crippen molar-refractivity contribution in [2.75, 3.05) is 0 Å². The Bertz CT molecular complexity index is 523. The lowest BCUT2D eigenvalue weighted by atomic mass is 9.64. The minimum atomic E-state index is -0.138. The van der Waals surface area contributed by atoms with E-state index >= 15 is 0 Å². The van der Waals surface area contributed by atoms with Gasteiger partial charge in [0, 0.05) is 10.6 Å². The highest BCUT2D eigenvalue weighted by Gasteiger charge is 2.63. The molecule has 1 spiro atoms. The molecule has 1 aromatic rings. The predicted molar refractivity (Wildman–Crippen MR) is 81.7 cm³/mol. The van der Waals surface area contributed by atoms with Crippen molar-refractivity contribution in [3.05, 3.63) is 34.9 Å². The first kappa shape index (κ1) is 13.9. The van der Waals surface area contributed by atoms with E-state index in [1.165, 1.54) is 18.4 Å². The Morgan fingerprint density at radius 3 is 2.20 bits per heavy atom. The molecule has 1 atom stereocenters. The second-order valence-corrected chi connectivity index (χ2v) is 7.60. The Balaban J connectivity index is 2.02. The SMILES string of the molecule is CC(C)(C)N1C(=O)C2(CCCC2)C1c1ccc(Cl)cc1. The van der Waals surface area contributed by atoms with Crippen LogP contribution in [-0.2, 0) is 4.79 Å². The van der Waals surface area contributed by atoms with Crippen LogP contribution in [0.3, 0.4) is 0 Å². The van der Waals surface area contributed by atoms with E-state index < -0.39 is 0 Å². The molecular weight excluding hydrogens is 270 g/mol. The molecule has 1 unspecified atom stereocenters. The summed E-state index contributed by atoms with van der Waals surface area (Å²) in [6.45, 7) is 6.36. The number of nitrogens with zero attached hydrogens (tertiary/aromatic N) is 1. The van der Waals surface area contributed by atoms with Crippen LogP contribution in [0.15, 0.2) is 24.3 Å². The molecule has 1 heterocycles. The lowest BCUT2D eigenvalue weighted by molar-refractivity contribution is -0.184. The van der Waals surface area contributed by atoms with Gasteiger partial charge >= 0.3 is 0 Å². The van der Waals surface area contributed by atoms with Crippen LogP contribution < -0.4 is 0 Å². The van der Waals surface area contributed by atoms with Crippen LogP contribution in [0.2, 0.25) is 5.02 Å². The summed E-state index contributed by atoms with van der Waals surface area (Å²) in [5.41, 5.74) is 0.960. The molecular formula is C17H22ClNO. The fraction of sp³-hybridized carbons (Fsp3) is 0.588. The van der Waals surface area contributed by atoms with Crippen molar-refractivity contribution in [2.45, 2.75) is 58.0 Å². The molecule has 1 aromatic carbocycles. The number of hydrogen-bond donors (Lipinski definition) is 0. The van der Waals surface area contributed by atoms with E-state index in [0.29, 0.717) is 5.91 Å². The Morgan fingerprint density at radius 2 is 1.70 bits per heavy atom. The number of carbonyl (C=O) groups excluding carboxylic acids is 1. The minimum absolute atomic E-state index is 0.130. The number of rotatable bonds is 1. The van der Waals surface area contributed by atoms with Crippen LogP contribution in [0, 0.1) is 5.41 Å². The van der Waals surface area contributed by atoms with Crippen LogP contribution in [0.4, 0.5) is 0 Å². The zero-order chi connectivity index (χ0) is 14.5. The van der Waals surface area contributed by atoms with Crippen molar-refractivity contribution in [2.24, 2.45) is 5.41 Å². The minimum Gasteiger partial charge on any atom is -0.329 e. The van der Waals surface area contributed by atoms with E-state index in [-0.39, 0.29) is 17.0 Å². The second-order valence-electron chi connectivity index (χ2n) is 7.16.